The highest BCUT2D eigenvalue weighted by Gasteiger charge is 2.12. The molecule has 0 amide bonds. The van der Waals surface area contributed by atoms with Crippen LogP contribution in [-0.4, -0.2) is 4.98 Å². The van der Waals surface area contributed by atoms with Crippen molar-refractivity contribution in [2.75, 3.05) is 0 Å². The average molecular weight is 167 g/mol. The molecule has 0 aliphatic heterocycles. The summed E-state index contributed by atoms with van der Waals surface area (Å²) in [6.45, 7) is 8.58. The maximum absolute atomic E-state index is 6.78. The van der Waals surface area contributed by atoms with Crippen LogP contribution in [0.3, 0.4) is 0 Å². The second-order valence-corrected chi connectivity index (χ2v) is 2.55. The Morgan fingerprint density at radius 1 is 1.73 bits per heavy atom. The van der Waals surface area contributed by atoms with Crippen molar-refractivity contribution < 1.29 is 0 Å². The molecule has 11 heavy (non-hydrogen) atoms. The fraction of sp³-hybridized carbons (Fsp3) is 0.250. The number of aromatic nitrogens is 1. The van der Waals surface area contributed by atoms with Crippen molar-refractivity contribution in [3.63, 3.8) is 0 Å². The molecule has 0 fully saturated rings. The SMILES string of the molecule is [C-]#[N+]C(C)c1cccnc1Cl. The molecule has 1 aromatic heterocycles. The van der Waals surface area contributed by atoms with E-state index in [1.165, 1.54) is 0 Å². The van der Waals surface area contributed by atoms with Crippen LogP contribution in [0.15, 0.2) is 18.3 Å². The molecule has 1 heterocycles. The summed E-state index contributed by atoms with van der Waals surface area (Å²) in [5, 5.41) is 0.427. The fourth-order valence-corrected chi connectivity index (χ4v) is 1.06. The average Bonchev–Trinajstić information content (AvgIpc) is 2.04. The van der Waals surface area contributed by atoms with Gasteiger partial charge in [-0.25, -0.2) is 11.6 Å². The van der Waals surface area contributed by atoms with Crippen molar-refractivity contribution in [3.8, 4) is 0 Å². The van der Waals surface area contributed by atoms with E-state index in [1.807, 2.05) is 6.07 Å². The Labute approximate surface area is 70.7 Å². The van der Waals surface area contributed by atoms with E-state index in [0.29, 0.717) is 5.15 Å². The molecule has 0 aliphatic rings. The van der Waals surface area contributed by atoms with Gasteiger partial charge in [-0.2, -0.15) is 0 Å². The lowest BCUT2D eigenvalue weighted by atomic mass is 10.2. The molecule has 1 atom stereocenters. The third-order valence-corrected chi connectivity index (χ3v) is 1.75. The molecule has 1 aromatic rings. The van der Waals surface area contributed by atoms with E-state index in [0.717, 1.165) is 5.56 Å². The maximum atomic E-state index is 6.78. The van der Waals surface area contributed by atoms with Gasteiger partial charge in [0, 0.05) is 13.1 Å². The lowest BCUT2D eigenvalue weighted by molar-refractivity contribution is 0.948. The zero-order valence-electron chi connectivity index (χ0n) is 6.08. The largest absolute Gasteiger partial charge is 0.309 e. The molecule has 1 rings (SSSR count). The minimum atomic E-state index is -0.198. The summed E-state index contributed by atoms with van der Waals surface area (Å²) in [7, 11) is 0. The van der Waals surface area contributed by atoms with E-state index in [9.17, 15) is 0 Å². The summed E-state index contributed by atoms with van der Waals surface area (Å²) in [5.41, 5.74) is 0.796. The Morgan fingerprint density at radius 2 is 2.45 bits per heavy atom. The van der Waals surface area contributed by atoms with Crippen molar-refractivity contribution >= 4 is 11.6 Å². The lowest BCUT2D eigenvalue weighted by Crippen LogP contribution is -1.89. The van der Waals surface area contributed by atoms with E-state index in [-0.39, 0.29) is 6.04 Å². The van der Waals surface area contributed by atoms with Crippen LogP contribution in [0.1, 0.15) is 18.5 Å². The molecule has 0 aliphatic carbocycles. The van der Waals surface area contributed by atoms with Gasteiger partial charge in [-0.3, -0.25) is 0 Å². The minimum absolute atomic E-state index is 0.198. The van der Waals surface area contributed by atoms with Crippen molar-refractivity contribution in [2.24, 2.45) is 0 Å². The number of halogens is 1. The van der Waals surface area contributed by atoms with E-state index >= 15 is 0 Å². The van der Waals surface area contributed by atoms with E-state index < -0.39 is 0 Å². The fourth-order valence-electron chi connectivity index (χ4n) is 0.780. The highest BCUT2D eigenvalue weighted by Crippen LogP contribution is 2.22. The number of rotatable bonds is 1. The maximum Gasteiger partial charge on any atom is 0.248 e. The van der Waals surface area contributed by atoms with Crippen LogP contribution in [0.25, 0.3) is 4.85 Å². The summed E-state index contributed by atoms with van der Waals surface area (Å²) < 4.78 is 0. The molecule has 0 spiro atoms. The number of hydrogen-bond acceptors (Lipinski definition) is 1. The van der Waals surface area contributed by atoms with Crippen molar-refractivity contribution in [3.05, 3.63) is 40.5 Å². The Morgan fingerprint density at radius 3 is 3.00 bits per heavy atom. The number of hydrogen-bond donors (Lipinski definition) is 0. The minimum Gasteiger partial charge on any atom is -0.309 e. The van der Waals surface area contributed by atoms with Gasteiger partial charge >= 0.3 is 0 Å². The quantitative estimate of drug-likeness (QED) is 0.463. The van der Waals surface area contributed by atoms with Gasteiger partial charge in [-0.1, -0.05) is 11.6 Å². The Balaban J connectivity index is 3.05. The second-order valence-electron chi connectivity index (χ2n) is 2.19. The second kappa shape index (κ2) is 3.36. The number of pyridine rings is 1. The van der Waals surface area contributed by atoms with Crippen molar-refractivity contribution in [2.45, 2.75) is 13.0 Å². The zero-order valence-corrected chi connectivity index (χ0v) is 6.84. The first kappa shape index (κ1) is 8.03. The molecule has 0 saturated carbocycles. The Kier molecular flexibility index (Phi) is 2.45. The van der Waals surface area contributed by atoms with Crippen LogP contribution >= 0.6 is 11.6 Å². The zero-order chi connectivity index (χ0) is 8.27. The van der Waals surface area contributed by atoms with E-state index in [4.69, 9.17) is 18.2 Å². The summed E-state index contributed by atoms with van der Waals surface area (Å²) in [6.07, 6.45) is 1.61. The van der Waals surface area contributed by atoms with Gasteiger partial charge in [-0.05, 0) is 12.1 Å². The lowest BCUT2D eigenvalue weighted by Gasteiger charge is -1.99. The number of nitrogens with zero attached hydrogens (tertiary/aromatic N) is 2. The van der Waals surface area contributed by atoms with E-state index in [1.54, 1.807) is 19.2 Å². The monoisotopic (exact) mass is 166 g/mol. The summed E-state index contributed by atoms with van der Waals surface area (Å²) in [5.74, 6) is 0. The summed E-state index contributed by atoms with van der Waals surface area (Å²) >= 11 is 5.74. The first-order chi connectivity index (χ1) is 5.25. The van der Waals surface area contributed by atoms with Gasteiger partial charge in [0.1, 0.15) is 5.15 Å². The first-order valence-electron chi connectivity index (χ1n) is 3.22. The predicted molar refractivity (Wildman–Crippen MR) is 44.3 cm³/mol. The molecule has 56 valence electrons. The highest BCUT2D eigenvalue weighted by atomic mass is 35.5. The molecular formula is C8H7ClN2. The molecule has 0 saturated heterocycles. The third-order valence-electron chi connectivity index (χ3n) is 1.43. The van der Waals surface area contributed by atoms with Crippen LogP contribution in [0.5, 0.6) is 0 Å². The molecule has 0 N–H and O–H groups in total. The topological polar surface area (TPSA) is 17.2 Å². The van der Waals surface area contributed by atoms with Gasteiger partial charge < -0.3 is 4.85 Å². The first-order valence-corrected chi connectivity index (χ1v) is 3.60. The molecule has 0 bridgehead atoms. The van der Waals surface area contributed by atoms with Gasteiger partial charge in [0.15, 0.2) is 0 Å². The van der Waals surface area contributed by atoms with Gasteiger partial charge in [0.05, 0.1) is 5.56 Å². The van der Waals surface area contributed by atoms with Crippen LogP contribution in [-0.2, 0) is 0 Å². The van der Waals surface area contributed by atoms with Crippen molar-refractivity contribution in [1.29, 1.82) is 0 Å². The highest BCUT2D eigenvalue weighted by molar-refractivity contribution is 6.30. The molecule has 2 nitrogen and oxygen atoms in total. The van der Waals surface area contributed by atoms with E-state index in [2.05, 4.69) is 9.83 Å². The van der Waals surface area contributed by atoms with Gasteiger partial charge in [-0.15, -0.1) is 0 Å². The summed E-state index contributed by atoms with van der Waals surface area (Å²) in [6, 6.07) is 3.40. The predicted octanol–water partition coefficient (Wildman–Crippen LogP) is 2.72. The van der Waals surface area contributed by atoms with Crippen LogP contribution in [0, 0.1) is 6.57 Å². The van der Waals surface area contributed by atoms with Crippen LogP contribution < -0.4 is 0 Å². The van der Waals surface area contributed by atoms with Crippen LogP contribution in [0.4, 0.5) is 0 Å². The standard InChI is InChI=1S/C8H7ClN2/c1-6(10-2)7-4-3-5-11-8(7)9/h3-6H,1H3. The van der Waals surface area contributed by atoms with Gasteiger partial charge in [0.25, 0.3) is 0 Å². The Bertz CT molecular complexity index is 290. The molecule has 0 radical (unpaired) electrons. The Hall–Kier alpha value is -1.07. The molecular weight excluding hydrogens is 160 g/mol. The smallest absolute Gasteiger partial charge is 0.248 e. The molecule has 0 aromatic carbocycles. The summed E-state index contributed by atoms with van der Waals surface area (Å²) in [4.78, 5) is 7.22. The third kappa shape index (κ3) is 1.69. The normalized spacial score (nSPS) is 12.1. The molecule has 1 unspecified atom stereocenters. The van der Waals surface area contributed by atoms with Gasteiger partial charge in [0.2, 0.25) is 6.04 Å². The van der Waals surface area contributed by atoms with Crippen molar-refractivity contribution in [1.82, 2.24) is 4.98 Å². The van der Waals surface area contributed by atoms with Crippen LogP contribution in [0.2, 0.25) is 5.15 Å². The molecule has 3 heteroatoms.